The maximum atomic E-state index is 4.27. The zero-order valence-electron chi connectivity index (χ0n) is 10.3. The lowest BCUT2D eigenvalue weighted by Gasteiger charge is -2.07. The average molecular weight is 213 g/mol. The molecule has 0 saturated carbocycles. The van der Waals surface area contributed by atoms with Crippen LogP contribution in [0.25, 0.3) is 5.57 Å². The first-order chi connectivity index (χ1) is 7.69. The smallest absolute Gasteiger partial charge is 0.0346 e. The molecule has 84 valence electrons. The summed E-state index contributed by atoms with van der Waals surface area (Å²) in [6.45, 7) is 10.2. The SMILES string of the molecule is C=C/C(=C\C=C/C)c1cncc(C(C)C)c1. The number of aromatic nitrogens is 1. The molecule has 0 N–H and O–H groups in total. The number of nitrogens with zero attached hydrogens (tertiary/aromatic N) is 1. The maximum absolute atomic E-state index is 4.27. The van der Waals surface area contributed by atoms with Gasteiger partial charge in [0.25, 0.3) is 0 Å². The molecule has 0 saturated heterocycles. The van der Waals surface area contributed by atoms with Gasteiger partial charge in [-0.3, -0.25) is 4.98 Å². The van der Waals surface area contributed by atoms with Crippen LogP contribution in [0, 0.1) is 0 Å². The van der Waals surface area contributed by atoms with Crippen LogP contribution in [0.2, 0.25) is 0 Å². The number of pyridine rings is 1. The fourth-order valence-electron chi connectivity index (χ4n) is 1.41. The van der Waals surface area contributed by atoms with E-state index in [-0.39, 0.29) is 0 Å². The largest absolute Gasteiger partial charge is 0.264 e. The van der Waals surface area contributed by atoms with Crippen molar-refractivity contribution in [2.75, 3.05) is 0 Å². The van der Waals surface area contributed by atoms with Crippen molar-refractivity contribution >= 4 is 5.57 Å². The van der Waals surface area contributed by atoms with Crippen LogP contribution in [0.1, 0.15) is 37.8 Å². The lowest BCUT2D eigenvalue weighted by Crippen LogP contribution is -1.91. The van der Waals surface area contributed by atoms with Crippen molar-refractivity contribution in [1.82, 2.24) is 4.98 Å². The highest BCUT2D eigenvalue weighted by Crippen LogP contribution is 2.20. The summed E-state index contributed by atoms with van der Waals surface area (Å²) in [5.74, 6) is 0.500. The summed E-state index contributed by atoms with van der Waals surface area (Å²) >= 11 is 0. The Balaban J connectivity index is 3.11. The van der Waals surface area contributed by atoms with Crippen LogP contribution in [-0.4, -0.2) is 4.98 Å². The second kappa shape index (κ2) is 6.06. The quantitative estimate of drug-likeness (QED) is 0.677. The van der Waals surface area contributed by atoms with Crippen molar-refractivity contribution < 1.29 is 0 Å². The Morgan fingerprint density at radius 1 is 1.38 bits per heavy atom. The molecule has 0 aliphatic rings. The van der Waals surface area contributed by atoms with Gasteiger partial charge < -0.3 is 0 Å². The first-order valence-corrected chi connectivity index (χ1v) is 5.59. The van der Waals surface area contributed by atoms with E-state index in [0.29, 0.717) is 5.92 Å². The fraction of sp³-hybridized carbons (Fsp3) is 0.267. The van der Waals surface area contributed by atoms with Gasteiger partial charge in [0.1, 0.15) is 0 Å². The Morgan fingerprint density at radius 2 is 2.12 bits per heavy atom. The van der Waals surface area contributed by atoms with Crippen LogP contribution in [-0.2, 0) is 0 Å². The lowest BCUT2D eigenvalue weighted by atomic mass is 10.0. The Labute approximate surface area is 98.2 Å². The van der Waals surface area contributed by atoms with Crippen molar-refractivity contribution in [3.63, 3.8) is 0 Å². The minimum atomic E-state index is 0.500. The first-order valence-electron chi connectivity index (χ1n) is 5.59. The average Bonchev–Trinajstić information content (AvgIpc) is 2.30. The van der Waals surface area contributed by atoms with Gasteiger partial charge in [0.2, 0.25) is 0 Å². The Morgan fingerprint density at radius 3 is 2.69 bits per heavy atom. The van der Waals surface area contributed by atoms with Gasteiger partial charge in [-0.05, 0) is 30.0 Å². The molecule has 0 fully saturated rings. The van der Waals surface area contributed by atoms with Gasteiger partial charge in [0.05, 0.1) is 0 Å². The molecular weight excluding hydrogens is 194 g/mol. The van der Waals surface area contributed by atoms with Crippen molar-refractivity contribution in [1.29, 1.82) is 0 Å². The molecule has 1 rings (SSSR count). The first kappa shape index (κ1) is 12.4. The second-order valence-electron chi connectivity index (χ2n) is 4.01. The van der Waals surface area contributed by atoms with Crippen LogP contribution < -0.4 is 0 Å². The van der Waals surface area contributed by atoms with Gasteiger partial charge in [0, 0.05) is 18.0 Å². The molecule has 16 heavy (non-hydrogen) atoms. The van der Waals surface area contributed by atoms with Crippen molar-refractivity contribution in [3.8, 4) is 0 Å². The van der Waals surface area contributed by atoms with Crippen molar-refractivity contribution in [2.24, 2.45) is 0 Å². The summed E-state index contributed by atoms with van der Waals surface area (Å²) in [6.07, 6.45) is 11.7. The standard InChI is InChI=1S/C15H19N/c1-5-7-8-13(6-2)15-9-14(12(3)4)10-16-11-15/h5-12H,2H2,1,3-4H3/b7-5-,13-8+. The fourth-order valence-corrected chi connectivity index (χ4v) is 1.41. The minimum absolute atomic E-state index is 0.500. The number of hydrogen-bond acceptors (Lipinski definition) is 1. The zero-order valence-corrected chi connectivity index (χ0v) is 10.3. The molecule has 1 aromatic heterocycles. The second-order valence-corrected chi connectivity index (χ2v) is 4.01. The van der Waals surface area contributed by atoms with Crippen LogP contribution in [0.15, 0.2) is 49.3 Å². The Kier molecular flexibility index (Phi) is 4.71. The van der Waals surface area contributed by atoms with Gasteiger partial charge >= 0.3 is 0 Å². The summed E-state index contributed by atoms with van der Waals surface area (Å²) in [6, 6.07) is 2.18. The van der Waals surface area contributed by atoms with E-state index in [1.165, 1.54) is 5.56 Å². The number of hydrogen-bond donors (Lipinski definition) is 0. The topological polar surface area (TPSA) is 12.9 Å². The van der Waals surface area contributed by atoms with E-state index in [1.54, 1.807) is 0 Å². The van der Waals surface area contributed by atoms with Gasteiger partial charge in [-0.1, -0.05) is 44.7 Å². The summed E-state index contributed by atoms with van der Waals surface area (Å²) in [5.41, 5.74) is 3.48. The summed E-state index contributed by atoms with van der Waals surface area (Å²) in [5, 5.41) is 0. The predicted octanol–water partition coefficient (Wildman–Crippen LogP) is 4.35. The summed E-state index contributed by atoms with van der Waals surface area (Å²) in [4.78, 5) is 4.27. The van der Waals surface area contributed by atoms with Crippen LogP contribution in [0.5, 0.6) is 0 Å². The molecule has 0 amide bonds. The molecular formula is C15H19N. The number of rotatable bonds is 4. The highest BCUT2D eigenvalue weighted by Gasteiger charge is 2.02. The Bertz CT molecular complexity index is 411. The van der Waals surface area contributed by atoms with Crippen LogP contribution in [0.3, 0.4) is 0 Å². The van der Waals surface area contributed by atoms with E-state index in [2.05, 4.69) is 31.5 Å². The monoisotopic (exact) mass is 213 g/mol. The van der Waals surface area contributed by atoms with E-state index in [0.717, 1.165) is 11.1 Å². The highest BCUT2D eigenvalue weighted by molar-refractivity contribution is 5.74. The molecule has 0 radical (unpaired) electrons. The summed E-state index contributed by atoms with van der Waals surface area (Å²) < 4.78 is 0. The van der Waals surface area contributed by atoms with Gasteiger partial charge in [-0.2, -0.15) is 0 Å². The van der Waals surface area contributed by atoms with E-state index < -0.39 is 0 Å². The minimum Gasteiger partial charge on any atom is -0.264 e. The molecule has 1 aromatic rings. The molecule has 0 spiro atoms. The van der Waals surface area contributed by atoms with E-state index >= 15 is 0 Å². The van der Waals surface area contributed by atoms with E-state index in [4.69, 9.17) is 0 Å². The molecule has 0 bridgehead atoms. The molecule has 0 aliphatic heterocycles. The third-order valence-electron chi connectivity index (χ3n) is 2.45. The molecule has 1 nitrogen and oxygen atoms in total. The van der Waals surface area contributed by atoms with Crippen molar-refractivity contribution in [2.45, 2.75) is 26.7 Å². The molecule has 0 aromatic carbocycles. The molecule has 0 atom stereocenters. The van der Waals surface area contributed by atoms with E-state index in [1.807, 2.05) is 43.6 Å². The molecule has 1 heterocycles. The number of allylic oxidation sites excluding steroid dienone is 5. The zero-order chi connectivity index (χ0) is 12.0. The summed E-state index contributed by atoms with van der Waals surface area (Å²) in [7, 11) is 0. The predicted molar refractivity (Wildman–Crippen MR) is 71.3 cm³/mol. The van der Waals surface area contributed by atoms with Crippen LogP contribution >= 0.6 is 0 Å². The van der Waals surface area contributed by atoms with Gasteiger partial charge in [0.15, 0.2) is 0 Å². The lowest BCUT2D eigenvalue weighted by molar-refractivity contribution is 0.857. The highest BCUT2D eigenvalue weighted by atomic mass is 14.6. The van der Waals surface area contributed by atoms with Gasteiger partial charge in [-0.15, -0.1) is 0 Å². The van der Waals surface area contributed by atoms with Crippen LogP contribution in [0.4, 0.5) is 0 Å². The maximum Gasteiger partial charge on any atom is 0.0346 e. The molecule has 1 heteroatoms. The van der Waals surface area contributed by atoms with E-state index in [9.17, 15) is 0 Å². The third-order valence-corrected chi connectivity index (χ3v) is 2.45. The van der Waals surface area contributed by atoms with Gasteiger partial charge in [-0.25, -0.2) is 0 Å². The Hall–Kier alpha value is -1.63. The molecule has 0 unspecified atom stereocenters. The molecule has 0 aliphatic carbocycles. The normalized spacial score (nSPS) is 12.4. The van der Waals surface area contributed by atoms with Crippen molar-refractivity contribution in [3.05, 3.63) is 60.5 Å². The third kappa shape index (κ3) is 3.20.